The van der Waals surface area contributed by atoms with Gasteiger partial charge < -0.3 is 10.4 Å². The van der Waals surface area contributed by atoms with Crippen LogP contribution in [0.25, 0.3) is 0 Å². The maximum atomic E-state index is 10.6. The highest BCUT2D eigenvalue weighted by Crippen LogP contribution is 2.19. The van der Waals surface area contributed by atoms with E-state index in [2.05, 4.69) is 10.3 Å². The first kappa shape index (κ1) is 10.3. The van der Waals surface area contributed by atoms with Crippen molar-refractivity contribution in [3.8, 4) is 0 Å². The molecule has 0 bridgehead atoms. The number of halogens is 1. The molecule has 0 aromatic carbocycles. The highest BCUT2D eigenvalue weighted by atomic mass is 35.5. The van der Waals surface area contributed by atoms with Crippen LogP contribution in [0.5, 0.6) is 0 Å². The third-order valence-corrected chi connectivity index (χ3v) is 2.58. The Labute approximate surface area is 84.6 Å². The first-order chi connectivity index (χ1) is 6.13. The van der Waals surface area contributed by atoms with E-state index in [9.17, 15) is 4.79 Å². The second-order valence-electron chi connectivity index (χ2n) is 2.42. The second-order valence-corrected chi connectivity index (χ2v) is 3.66. The van der Waals surface area contributed by atoms with Crippen molar-refractivity contribution in [3.05, 3.63) is 10.5 Å². The molecular formula is C7H9ClN2O2S. The average molecular weight is 221 g/mol. The van der Waals surface area contributed by atoms with Gasteiger partial charge in [0.05, 0.1) is 0 Å². The number of thiazole rings is 1. The van der Waals surface area contributed by atoms with Crippen molar-refractivity contribution in [2.45, 2.75) is 19.4 Å². The number of hydrogen-bond acceptors (Lipinski definition) is 4. The van der Waals surface area contributed by atoms with E-state index >= 15 is 0 Å². The summed E-state index contributed by atoms with van der Waals surface area (Å²) in [6.45, 7) is 1.79. The van der Waals surface area contributed by atoms with Crippen LogP contribution in [0.1, 0.15) is 13.3 Å². The molecule has 1 unspecified atom stereocenters. The van der Waals surface area contributed by atoms with Crippen molar-refractivity contribution in [2.75, 3.05) is 5.32 Å². The SMILES string of the molecule is CCC(Nc1nc(Cl)cs1)C(=O)O. The maximum absolute atomic E-state index is 10.6. The molecule has 6 heteroatoms. The first-order valence-corrected chi connectivity index (χ1v) is 4.99. The third-order valence-electron chi connectivity index (χ3n) is 1.48. The molecular weight excluding hydrogens is 212 g/mol. The van der Waals surface area contributed by atoms with Gasteiger partial charge in [0.15, 0.2) is 5.13 Å². The number of nitrogens with zero attached hydrogens (tertiary/aromatic N) is 1. The topological polar surface area (TPSA) is 62.2 Å². The quantitative estimate of drug-likeness (QED) is 0.816. The lowest BCUT2D eigenvalue weighted by Gasteiger charge is -2.09. The number of aromatic nitrogens is 1. The van der Waals surface area contributed by atoms with E-state index in [0.717, 1.165) is 0 Å². The van der Waals surface area contributed by atoms with Crippen molar-refractivity contribution in [2.24, 2.45) is 0 Å². The van der Waals surface area contributed by atoms with E-state index in [1.54, 1.807) is 12.3 Å². The predicted molar refractivity (Wildman–Crippen MR) is 52.5 cm³/mol. The van der Waals surface area contributed by atoms with E-state index in [0.29, 0.717) is 16.7 Å². The van der Waals surface area contributed by atoms with Gasteiger partial charge in [-0.2, -0.15) is 0 Å². The number of aliphatic carboxylic acids is 1. The van der Waals surface area contributed by atoms with Crippen molar-refractivity contribution in [1.29, 1.82) is 0 Å². The number of carboxylic acids is 1. The molecule has 0 saturated carbocycles. The number of carboxylic acid groups (broad SMARTS) is 1. The number of rotatable bonds is 4. The van der Waals surface area contributed by atoms with Gasteiger partial charge in [-0.1, -0.05) is 18.5 Å². The minimum atomic E-state index is -0.881. The van der Waals surface area contributed by atoms with Crippen molar-refractivity contribution < 1.29 is 9.90 Å². The molecule has 0 aliphatic rings. The summed E-state index contributed by atoms with van der Waals surface area (Å²) in [6.07, 6.45) is 0.506. The minimum Gasteiger partial charge on any atom is -0.480 e. The number of anilines is 1. The van der Waals surface area contributed by atoms with Crippen LogP contribution in [0.15, 0.2) is 5.38 Å². The second kappa shape index (κ2) is 4.43. The molecule has 0 aliphatic carbocycles. The van der Waals surface area contributed by atoms with Crippen LogP contribution in [0.2, 0.25) is 5.15 Å². The van der Waals surface area contributed by atoms with Gasteiger partial charge in [-0.3, -0.25) is 0 Å². The molecule has 1 aromatic heterocycles. The molecule has 2 N–H and O–H groups in total. The lowest BCUT2D eigenvalue weighted by atomic mass is 10.2. The molecule has 72 valence electrons. The summed E-state index contributed by atoms with van der Waals surface area (Å²) in [5, 5.41) is 14.1. The third kappa shape index (κ3) is 2.86. The van der Waals surface area contributed by atoms with Crippen LogP contribution in [0.3, 0.4) is 0 Å². The summed E-state index contributed by atoms with van der Waals surface area (Å²) in [6, 6.07) is -0.595. The number of hydrogen-bond donors (Lipinski definition) is 2. The summed E-state index contributed by atoms with van der Waals surface area (Å²) in [4.78, 5) is 14.5. The monoisotopic (exact) mass is 220 g/mol. The highest BCUT2D eigenvalue weighted by Gasteiger charge is 2.15. The van der Waals surface area contributed by atoms with Gasteiger partial charge in [0.25, 0.3) is 0 Å². The first-order valence-electron chi connectivity index (χ1n) is 3.74. The molecule has 0 spiro atoms. The summed E-state index contributed by atoms with van der Waals surface area (Å²) < 4.78 is 0. The number of nitrogens with one attached hydrogen (secondary N) is 1. The van der Waals surface area contributed by atoms with E-state index in [-0.39, 0.29) is 0 Å². The van der Waals surface area contributed by atoms with Crippen LogP contribution >= 0.6 is 22.9 Å². The Morgan fingerprint density at radius 2 is 2.62 bits per heavy atom. The Kier molecular flexibility index (Phi) is 3.50. The largest absolute Gasteiger partial charge is 0.480 e. The molecule has 0 radical (unpaired) electrons. The summed E-state index contributed by atoms with van der Waals surface area (Å²) >= 11 is 6.87. The molecule has 1 heterocycles. The molecule has 13 heavy (non-hydrogen) atoms. The fourth-order valence-electron chi connectivity index (χ4n) is 0.808. The fraction of sp³-hybridized carbons (Fsp3) is 0.429. The van der Waals surface area contributed by atoms with Gasteiger partial charge in [0, 0.05) is 5.38 Å². The smallest absolute Gasteiger partial charge is 0.326 e. The van der Waals surface area contributed by atoms with Crippen LogP contribution in [0, 0.1) is 0 Å². The van der Waals surface area contributed by atoms with E-state index < -0.39 is 12.0 Å². The van der Waals surface area contributed by atoms with E-state index in [1.807, 2.05) is 0 Å². The van der Waals surface area contributed by atoms with Gasteiger partial charge in [0.2, 0.25) is 0 Å². The average Bonchev–Trinajstić information content (AvgIpc) is 2.46. The normalized spacial score (nSPS) is 12.5. The van der Waals surface area contributed by atoms with Crippen LogP contribution < -0.4 is 5.32 Å². The number of carbonyl (C=O) groups is 1. The zero-order valence-corrected chi connectivity index (χ0v) is 8.52. The van der Waals surface area contributed by atoms with Crippen LogP contribution in [-0.4, -0.2) is 22.1 Å². The Morgan fingerprint density at radius 1 is 1.92 bits per heavy atom. The Morgan fingerprint density at radius 3 is 3.00 bits per heavy atom. The zero-order valence-electron chi connectivity index (χ0n) is 6.95. The zero-order chi connectivity index (χ0) is 9.84. The summed E-state index contributed by atoms with van der Waals surface area (Å²) in [5.74, 6) is -0.881. The molecule has 4 nitrogen and oxygen atoms in total. The Bertz CT molecular complexity index is 302. The van der Waals surface area contributed by atoms with Gasteiger partial charge in [-0.15, -0.1) is 11.3 Å². The Balaban J connectivity index is 2.61. The molecule has 0 amide bonds. The maximum Gasteiger partial charge on any atom is 0.326 e. The van der Waals surface area contributed by atoms with Crippen LogP contribution in [-0.2, 0) is 4.79 Å². The van der Waals surface area contributed by atoms with E-state index in [4.69, 9.17) is 16.7 Å². The van der Waals surface area contributed by atoms with Crippen molar-refractivity contribution in [1.82, 2.24) is 4.98 Å². The van der Waals surface area contributed by atoms with Gasteiger partial charge in [-0.05, 0) is 6.42 Å². The lowest BCUT2D eigenvalue weighted by molar-refractivity contribution is -0.137. The van der Waals surface area contributed by atoms with Crippen LogP contribution in [0.4, 0.5) is 5.13 Å². The molecule has 0 saturated heterocycles. The van der Waals surface area contributed by atoms with Gasteiger partial charge in [0.1, 0.15) is 11.2 Å². The fourth-order valence-corrected chi connectivity index (χ4v) is 1.70. The summed E-state index contributed by atoms with van der Waals surface area (Å²) in [7, 11) is 0. The van der Waals surface area contributed by atoms with Crippen molar-refractivity contribution in [3.63, 3.8) is 0 Å². The van der Waals surface area contributed by atoms with Gasteiger partial charge >= 0.3 is 5.97 Å². The van der Waals surface area contributed by atoms with Gasteiger partial charge in [-0.25, -0.2) is 9.78 Å². The molecule has 0 aliphatic heterocycles. The molecule has 1 atom stereocenters. The van der Waals surface area contributed by atoms with E-state index in [1.165, 1.54) is 11.3 Å². The standard InChI is InChI=1S/C7H9ClN2O2S/c1-2-4(6(11)12)9-7-10-5(8)3-13-7/h3-4H,2H2,1H3,(H,9,10)(H,11,12). The molecule has 1 aromatic rings. The molecule has 1 rings (SSSR count). The highest BCUT2D eigenvalue weighted by molar-refractivity contribution is 7.14. The summed E-state index contributed by atoms with van der Waals surface area (Å²) in [5.41, 5.74) is 0. The van der Waals surface area contributed by atoms with Crippen molar-refractivity contribution >= 4 is 34.0 Å². The Hall–Kier alpha value is -0.810. The minimum absolute atomic E-state index is 0.382. The lowest BCUT2D eigenvalue weighted by Crippen LogP contribution is -2.28. The predicted octanol–water partition coefficient (Wildman–Crippen LogP) is 2.07. The molecule has 0 fully saturated rings.